The Bertz CT molecular complexity index is 3410. The number of halogens is 21. The Kier molecular flexibility index (Phi) is 54.3. The van der Waals surface area contributed by atoms with Gasteiger partial charge in [0, 0.05) is 6.92 Å². The van der Waals surface area contributed by atoms with Crippen molar-refractivity contribution >= 4 is 47.5 Å². The summed E-state index contributed by atoms with van der Waals surface area (Å²) in [6.45, 7) is -7.82. The molecule has 14 aliphatic carbocycles. The predicted octanol–water partition coefficient (Wildman–Crippen LogP) is 26.0. The van der Waals surface area contributed by atoms with Gasteiger partial charge < -0.3 is 70.4 Å². The molecule has 0 unspecified atom stereocenters. The van der Waals surface area contributed by atoms with Crippen molar-refractivity contribution in [3.63, 3.8) is 0 Å². The number of esters is 7. The smallest absolute Gasteiger partial charge is 0.373 e. The molecule has 0 N–H and O–H groups in total. The van der Waals surface area contributed by atoms with Crippen molar-refractivity contribution in [2.24, 2.45) is 81.8 Å². The average Bonchev–Trinajstić information content (AvgIpc) is 0.902. The van der Waals surface area contributed by atoms with E-state index in [0.29, 0.717) is 23.4 Å². The second-order valence-corrected chi connectivity index (χ2v) is 37.8. The first-order valence-corrected chi connectivity index (χ1v) is 48.0. The van der Waals surface area contributed by atoms with Gasteiger partial charge in [-0.2, -0.15) is 92.2 Å². The van der Waals surface area contributed by atoms with Gasteiger partial charge in [0.1, 0.15) is 0 Å². The molecule has 136 heavy (non-hydrogen) atoms. The number of carbonyl (C=O) groups is 7. The van der Waals surface area contributed by atoms with E-state index in [1.54, 1.807) is 57.4 Å². The first-order valence-electron chi connectivity index (χ1n) is 48.0. The normalized spacial score (nSPS) is 24.8. The van der Waals surface area contributed by atoms with Crippen LogP contribution in [-0.2, 0) is 66.7 Å². The molecule has 788 valence electrons. The molecule has 0 spiro atoms. The molecule has 0 aliphatic heterocycles. The molecule has 14 aliphatic rings. The average molecular weight is 1990 g/mol. The van der Waals surface area contributed by atoms with Gasteiger partial charge in [0.2, 0.25) is 0 Å². The fourth-order valence-electron chi connectivity index (χ4n) is 20.7. The molecule has 14 saturated carbocycles. The summed E-state index contributed by atoms with van der Waals surface area (Å²) in [7, 11) is 1.54. The van der Waals surface area contributed by atoms with Gasteiger partial charge >= 0.3 is 85.0 Å². The van der Waals surface area contributed by atoms with Crippen LogP contribution in [-0.4, -0.2) is 217 Å². The quantitative estimate of drug-likeness (QED) is 0.0213. The molecule has 0 amide bonds. The molecule has 15 rings (SSSR count). The minimum Gasteiger partial charge on any atom is -0.677 e. The largest absolute Gasteiger partial charge is 0.677 e. The van der Waals surface area contributed by atoms with Gasteiger partial charge in [-0.05, 0) is 189 Å². The van der Waals surface area contributed by atoms with E-state index < -0.39 is 95.0 Å². The molecule has 0 saturated heterocycles. The van der Waals surface area contributed by atoms with E-state index in [4.69, 9.17) is 28.4 Å². The molecule has 42 heteroatoms. The number of methoxy groups -OCH3 is 1. The van der Waals surface area contributed by atoms with E-state index >= 15 is 0 Å². The molecule has 21 nitrogen and oxygen atoms in total. The molecule has 10 bridgehead atoms. The fourth-order valence-corrected chi connectivity index (χ4v) is 20.7. The Balaban J connectivity index is 0.000000273. The van der Waals surface area contributed by atoms with Gasteiger partial charge in [-0.25, -0.2) is 0 Å². The molecule has 0 atom stereocenters. The van der Waals surface area contributed by atoms with Gasteiger partial charge in [-0.15, -0.1) is 45.0 Å². The molecule has 0 heterocycles. The highest BCUT2D eigenvalue weighted by Gasteiger charge is 2.57. The number of fused-ring (bicyclic) bond motifs is 2. The van der Waals surface area contributed by atoms with Gasteiger partial charge in [0.25, 0.3) is 0 Å². The molecule has 0 radical (unpaired) electrons. The van der Waals surface area contributed by atoms with E-state index in [9.17, 15) is 126 Å². The van der Waals surface area contributed by atoms with Gasteiger partial charge in [0.05, 0.1) is 81.3 Å². The standard InChI is InChI=1S/C15H21F3NO2.C13H21F3NO2.C12H19F3NO2.C12H18O2.C11H17F3NO2.C10H15F3NO2.C8H7F3N.C7H12.C6H9F3NO2/c16-15(17,18)9-19-1-2-21-13(20)14-6-10-3-11(7-14)5-12(4-10)8-14;14-13(15,16)10-17-8-9-19-12(18)11-6-4-2-1-3-5-7-11;13-12(14,15)9-16-7-8-18-11(17)10-5-3-1-2-4-6-10;1-14-11(13)12-5-8-2-9(6-12)4-10(3-8)7-12;12-11(13,14)8-15-6-7-17-10(16)9-4-2-1-3-5-9;11-10(12,13)7-14-5-6-16-9(15)8-3-1-2-4-8;9-8(10,11)6-12-7-4-2-1-3-5-7;1-2-7-4-3-6(1)5-7;1-5(11)12-3-2-10-4-6(7,8)9/h10-12H,1-9H2;11H,1-10H2;10H,1-9H2;8-10H,2-7H2,1H3;9H,1-8H2;8H,1-7H2;1-5H,6H2;6-7H,1-5H2;2-4H2,1H3/q3*-1;;3*-1;;-1. The SMILES string of the molecule is C1CC2CCC1C2.CC(=O)OCC[N-]CC(F)(F)F.COC(=O)C12CC3CC(CC(C3)C1)C2.FC(F)(F)C[N-]c1ccccc1.O=C(OCC[N-]CC(F)(F)F)C12CC3CC(CC(C3)C1)C2.O=C(OCC[N-]CC(F)(F)F)C1CCCC1.O=C(OCC[N-]CC(F)(F)F)C1CCCCC1.O=C(OCC[N-]CC(F)(F)F)C1CCCCCC1.O=C(OCC[N-]CC(F)(F)F)C1CCCCCCC1. The Morgan fingerprint density at radius 2 is 0.493 bits per heavy atom. The lowest BCUT2D eigenvalue weighted by Gasteiger charge is -2.55. The lowest BCUT2D eigenvalue weighted by Crippen LogP contribution is -2.50. The number of carbonyl (C=O) groups excluding carboxylic acids is 7. The second kappa shape index (κ2) is 61.4. The van der Waals surface area contributed by atoms with Crippen LogP contribution in [0.1, 0.15) is 257 Å². The van der Waals surface area contributed by atoms with E-state index in [2.05, 4.69) is 42.0 Å². The third kappa shape index (κ3) is 54.6. The topological polar surface area (TPSA) is 283 Å². The number of alkyl halides is 21. The number of hydrogen-bond acceptors (Lipinski definition) is 14. The first-order chi connectivity index (χ1) is 64.0. The van der Waals surface area contributed by atoms with Crippen molar-refractivity contribution in [3.05, 3.63) is 67.5 Å². The molecular weight excluding hydrogens is 1850 g/mol. The van der Waals surface area contributed by atoms with Crippen molar-refractivity contribution in [2.45, 2.75) is 301 Å². The van der Waals surface area contributed by atoms with Crippen molar-refractivity contribution in [2.75, 3.05) is 132 Å². The fraction of sp³-hybridized carbons (Fsp3) is 0.862. The maximum Gasteiger partial charge on any atom is 0.373 e. The van der Waals surface area contributed by atoms with Crippen LogP contribution in [0.5, 0.6) is 0 Å². The van der Waals surface area contributed by atoms with Crippen LogP contribution in [0.4, 0.5) is 97.9 Å². The van der Waals surface area contributed by atoms with E-state index in [0.717, 1.165) is 191 Å². The summed E-state index contributed by atoms with van der Waals surface area (Å²) < 4.78 is 280. The van der Waals surface area contributed by atoms with Crippen LogP contribution >= 0.6 is 0 Å². The Morgan fingerprint density at radius 1 is 0.279 bits per heavy atom. The zero-order valence-electron chi connectivity index (χ0n) is 78.1. The molecule has 1 aromatic rings. The summed E-state index contributed by atoms with van der Waals surface area (Å²) in [5, 5.41) is 22.9. The number of nitrogens with zero attached hydrogens (tertiary/aromatic N) is 7. The summed E-state index contributed by atoms with van der Waals surface area (Å²) in [6.07, 6.45) is 13.8. The lowest BCUT2D eigenvalue weighted by atomic mass is 9.49. The van der Waals surface area contributed by atoms with Gasteiger partial charge in [-0.3, -0.25) is 33.6 Å². The summed E-state index contributed by atoms with van der Waals surface area (Å²) in [4.78, 5) is 80.5. The minimum atomic E-state index is -4.27. The molecular formula is C94H139F21N7O14-7. The molecule has 0 aromatic heterocycles. The maximum atomic E-state index is 12.4. The summed E-state index contributed by atoms with van der Waals surface area (Å²) >= 11 is 0. The van der Waals surface area contributed by atoms with Crippen molar-refractivity contribution in [1.82, 2.24) is 0 Å². The first kappa shape index (κ1) is 120. The number of benzene rings is 1. The van der Waals surface area contributed by atoms with Crippen molar-refractivity contribution in [3.8, 4) is 0 Å². The monoisotopic (exact) mass is 1990 g/mol. The number of para-hydroxylation sites is 1. The highest BCUT2D eigenvalue weighted by Crippen LogP contribution is 2.62. The van der Waals surface area contributed by atoms with Crippen molar-refractivity contribution in [1.29, 1.82) is 0 Å². The molecule has 1 aromatic carbocycles. The van der Waals surface area contributed by atoms with Crippen molar-refractivity contribution < 1.29 is 159 Å². The minimum absolute atomic E-state index is 0.0311. The van der Waals surface area contributed by atoms with Crippen LogP contribution in [0.25, 0.3) is 37.2 Å². The predicted molar refractivity (Wildman–Crippen MR) is 466 cm³/mol. The summed E-state index contributed by atoms with van der Waals surface area (Å²) in [5.74, 6) is 4.77. The maximum absolute atomic E-state index is 12.4. The zero-order chi connectivity index (χ0) is 100. The highest BCUT2D eigenvalue weighted by atomic mass is 19.4. The van der Waals surface area contributed by atoms with Crippen LogP contribution in [0, 0.1) is 81.8 Å². The Hall–Kier alpha value is -6.40. The van der Waals surface area contributed by atoms with Gasteiger partial charge in [-0.1, -0.05) is 185 Å². The zero-order valence-corrected chi connectivity index (χ0v) is 78.1. The Morgan fingerprint density at radius 3 is 0.721 bits per heavy atom. The molecule has 14 fully saturated rings. The number of hydrogen-bond donors (Lipinski definition) is 0. The van der Waals surface area contributed by atoms with Crippen LogP contribution in [0.15, 0.2) is 30.3 Å². The summed E-state index contributed by atoms with van der Waals surface area (Å²) in [5.41, 5.74) is -0.0303. The Labute approximate surface area is 785 Å². The highest BCUT2D eigenvalue weighted by molar-refractivity contribution is 5.78. The van der Waals surface area contributed by atoms with Crippen LogP contribution < -0.4 is 0 Å². The van der Waals surface area contributed by atoms with E-state index in [1.807, 2.05) is 0 Å². The van der Waals surface area contributed by atoms with Crippen LogP contribution in [0.3, 0.4) is 0 Å². The van der Waals surface area contributed by atoms with E-state index in [1.165, 1.54) is 75.8 Å². The third-order valence-electron chi connectivity index (χ3n) is 26.0. The second-order valence-electron chi connectivity index (χ2n) is 37.8. The van der Waals surface area contributed by atoms with Gasteiger partial charge in [0.15, 0.2) is 0 Å². The number of ether oxygens (including phenoxy) is 7. The number of rotatable bonds is 32. The van der Waals surface area contributed by atoms with Crippen LogP contribution in [0.2, 0.25) is 0 Å². The lowest BCUT2D eigenvalue weighted by molar-refractivity contribution is -0.171. The summed E-state index contributed by atoms with van der Waals surface area (Å²) in [6, 6.07) is 8.09. The van der Waals surface area contributed by atoms with E-state index in [-0.39, 0.29) is 149 Å². The third-order valence-corrected chi connectivity index (χ3v) is 26.0.